The van der Waals surface area contributed by atoms with Gasteiger partial charge in [-0.2, -0.15) is 0 Å². The Bertz CT molecular complexity index is 1380. The average Bonchev–Trinajstić information content (AvgIpc) is 3.08. The third-order valence-electron chi connectivity index (χ3n) is 8.20. The number of carbonyl (C=O) groups is 6. The van der Waals surface area contributed by atoms with Gasteiger partial charge in [0.25, 0.3) is 5.91 Å². The van der Waals surface area contributed by atoms with Crippen LogP contribution in [0.3, 0.4) is 0 Å². The first-order chi connectivity index (χ1) is 25.0. The Hall–Kier alpha value is -4.32. The number of esters is 1. The van der Waals surface area contributed by atoms with Gasteiger partial charge in [-0.1, -0.05) is 71.9 Å². The number of ether oxygens (including phenoxy) is 2. The summed E-state index contributed by atoms with van der Waals surface area (Å²) in [6, 6.07) is 2.24. The minimum atomic E-state index is -2.27. The standard InChI is InChI=1S/C37H61N5O12/c1-19(2)16-24(39-33(49)27(20(3)4)41-34(50)28(21(5)6)42-36(52)54-37(7,8)9)32(48)40-25(18-43)29(45)30(46)31(47)35(51)38-23(17-26(44)53-10)22-14-12-11-13-15-22/h11-15,19-21,23-25,27-31,43,45-47H,16-18H2,1-10H3,(H,38,51)(H,39,49)(H,40,48)(H,41,50)(H,42,52)/t23-,24-,25-,27-,28-,29+,30+,31-/m0/s1. The van der Waals surface area contributed by atoms with Crippen LogP contribution in [0.2, 0.25) is 0 Å². The van der Waals surface area contributed by atoms with Gasteiger partial charge in [0.2, 0.25) is 17.7 Å². The number of alkyl carbamates (subject to hydrolysis) is 1. The van der Waals surface area contributed by atoms with Crippen molar-refractivity contribution in [2.24, 2.45) is 17.8 Å². The molecule has 9 N–H and O–H groups in total. The van der Waals surface area contributed by atoms with Gasteiger partial charge < -0.3 is 56.5 Å². The van der Waals surface area contributed by atoms with E-state index in [4.69, 9.17) is 9.47 Å². The molecule has 0 bridgehead atoms. The van der Waals surface area contributed by atoms with Gasteiger partial charge in [0.1, 0.15) is 35.9 Å². The third kappa shape index (κ3) is 16.0. The maximum Gasteiger partial charge on any atom is 0.408 e. The molecule has 8 atom stereocenters. The lowest BCUT2D eigenvalue weighted by Crippen LogP contribution is -2.61. The van der Waals surface area contributed by atoms with Crippen LogP contribution in [0.4, 0.5) is 4.79 Å². The summed E-state index contributed by atoms with van der Waals surface area (Å²) >= 11 is 0. The van der Waals surface area contributed by atoms with Crippen LogP contribution in [0.25, 0.3) is 0 Å². The van der Waals surface area contributed by atoms with E-state index in [1.165, 1.54) is 7.11 Å². The Morgan fingerprint density at radius 3 is 1.72 bits per heavy atom. The molecule has 0 saturated heterocycles. The molecule has 306 valence electrons. The number of benzene rings is 1. The first-order valence-corrected chi connectivity index (χ1v) is 18.0. The molecule has 54 heavy (non-hydrogen) atoms. The molecular formula is C37H61N5O12. The van der Waals surface area contributed by atoms with Crippen molar-refractivity contribution in [3.05, 3.63) is 35.9 Å². The lowest BCUT2D eigenvalue weighted by atomic mass is 9.97. The molecule has 0 saturated carbocycles. The van der Waals surface area contributed by atoms with Gasteiger partial charge in [-0.3, -0.25) is 24.0 Å². The Morgan fingerprint density at radius 2 is 1.24 bits per heavy atom. The fraction of sp³-hybridized carbons (Fsp3) is 0.676. The van der Waals surface area contributed by atoms with E-state index in [1.54, 1.807) is 92.6 Å². The van der Waals surface area contributed by atoms with Crippen LogP contribution < -0.4 is 26.6 Å². The zero-order valence-corrected chi connectivity index (χ0v) is 32.9. The molecule has 0 aromatic heterocycles. The number of aliphatic hydroxyl groups is 4. The van der Waals surface area contributed by atoms with Gasteiger partial charge in [0.15, 0.2) is 6.10 Å². The third-order valence-corrected chi connectivity index (χ3v) is 8.20. The molecule has 0 spiro atoms. The lowest BCUT2D eigenvalue weighted by Gasteiger charge is -2.32. The van der Waals surface area contributed by atoms with Crippen LogP contribution in [0.15, 0.2) is 30.3 Å². The summed E-state index contributed by atoms with van der Waals surface area (Å²) in [7, 11) is 1.17. The number of hydrogen-bond acceptors (Lipinski definition) is 12. The van der Waals surface area contributed by atoms with Gasteiger partial charge in [0, 0.05) is 0 Å². The molecule has 0 aliphatic heterocycles. The summed E-state index contributed by atoms with van der Waals surface area (Å²) in [6.45, 7) is 14.4. The van der Waals surface area contributed by atoms with Crippen molar-refractivity contribution >= 4 is 35.7 Å². The van der Waals surface area contributed by atoms with E-state index in [9.17, 15) is 49.2 Å². The number of rotatable bonds is 20. The normalized spacial score (nSPS) is 16.2. The number of carbonyl (C=O) groups excluding carboxylic acids is 6. The predicted molar refractivity (Wildman–Crippen MR) is 197 cm³/mol. The molecular weight excluding hydrogens is 706 g/mol. The Kier molecular flexibility index (Phi) is 19.6. The Balaban J connectivity index is 3.12. The van der Waals surface area contributed by atoms with E-state index in [0.717, 1.165) is 0 Å². The predicted octanol–water partition coefficient (Wildman–Crippen LogP) is 0.188. The summed E-state index contributed by atoms with van der Waals surface area (Å²) < 4.78 is 9.97. The summed E-state index contributed by atoms with van der Waals surface area (Å²) in [5.41, 5.74) is -0.320. The van der Waals surface area contributed by atoms with E-state index in [2.05, 4.69) is 26.6 Å². The van der Waals surface area contributed by atoms with E-state index in [0.29, 0.717) is 5.56 Å². The first-order valence-electron chi connectivity index (χ1n) is 18.0. The largest absolute Gasteiger partial charge is 0.469 e. The lowest BCUT2D eigenvalue weighted by molar-refractivity contribution is -0.145. The quantitative estimate of drug-likeness (QED) is 0.0806. The topological polar surface area (TPSA) is 262 Å². The highest BCUT2D eigenvalue weighted by molar-refractivity contribution is 5.94. The van der Waals surface area contributed by atoms with Gasteiger partial charge in [-0.15, -0.1) is 0 Å². The molecule has 0 heterocycles. The molecule has 0 unspecified atom stereocenters. The molecule has 1 aromatic carbocycles. The van der Waals surface area contributed by atoms with Crippen molar-refractivity contribution in [3.8, 4) is 0 Å². The van der Waals surface area contributed by atoms with Crippen LogP contribution in [0, 0.1) is 17.8 Å². The summed E-state index contributed by atoms with van der Waals surface area (Å²) in [5, 5.41) is 55.0. The van der Waals surface area contributed by atoms with Gasteiger partial charge in [-0.05, 0) is 50.5 Å². The smallest absolute Gasteiger partial charge is 0.408 e. The highest BCUT2D eigenvalue weighted by Gasteiger charge is 2.38. The molecule has 0 radical (unpaired) electrons. The highest BCUT2D eigenvalue weighted by atomic mass is 16.6. The van der Waals surface area contributed by atoms with Gasteiger partial charge in [-0.25, -0.2) is 4.79 Å². The van der Waals surface area contributed by atoms with Crippen molar-refractivity contribution in [1.82, 2.24) is 26.6 Å². The highest BCUT2D eigenvalue weighted by Crippen LogP contribution is 2.19. The number of methoxy groups -OCH3 is 1. The number of aliphatic hydroxyl groups excluding tert-OH is 4. The molecule has 0 aliphatic rings. The van der Waals surface area contributed by atoms with Crippen molar-refractivity contribution in [1.29, 1.82) is 0 Å². The molecule has 17 nitrogen and oxygen atoms in total. The second kappa shape index (κ2) is 22.2. The minimum absolute atomic E-state index is 0.0774. The summed E-state index contributed by atoms with van der Waals surface area (Å²) in [4.78, 5) is 77.9. The molecule has 1 aromatic rings. The minimum Gasteiger partial charge on any atom is -0.469 e. The number of nitrogens with one attached hydrogen (secondary N) is 5. The SMILES string of the molecule is COC(=O)C[C@H](NC(=O)[C@@H](O)[C@H](O)[C@H](O)[C@H](CO)NC(=O)[C@H](CC(C)C)NC(=O)[C@@H](NC(=O)[C@@H](NC(=O)OC(C)(C)C)C(C)C)C(C)C)c1ccccc1. The molecule has 5 amide bonds. The fourth-order valence-corrected chi connectivity index (χ4v) is 5.26. The molecule has 0 aliphatic carbocycles. The summed E-state index contributed by atoms with van der Waals surface area (Å²) in [5.74, 6) is -5.11. The first kappa shape index (κ1) is 47.7. The average molecular weight is 768 g/mol. The van der Waals surface area contributed by atoms with E-state index in [1.807, 2.05) is 0 Å². The molecule has 17 heteroatoms. The van der Waals surface area contributed by atoms with Gasteiger partial charge in [0.05, 0.1) is 32.2 Å². The zero-order chi connectivity index (χ0) is 41.5. The van der Waals surface area contributed by atoms with Crippen LogP contribution in [0.5, 0.6) is 0 Å². The maximum absolute atomic E-state index is 13.6. The zero-order valence-electron chi connectivity index (χ0n) is 32.9. The second-order valence-corrected chi connectivity index (χ2v) is 15.3. The van der Waals surface area contributed by atoms with Crippen molar-refractivity contribution < 1.29 is 58.7 Å². The number of amides is 5. The van der Waals surface area contributed by atoms with Crippen molar-refractivity contribution in [2.45, 2.75) is 129 Å². The van der Waals surface area contributed by atoms with Crippen LogP contribution >= 0.6 is 0 Å². The maximum atomic E-state index is 13.6. The number of hydrogen-bond donors (Lipinski definition) is 9. The van der Waals surface area contributed by atoms with Crippen molar-refractivity contribution in [3.63, 3.8) is 0 Å². The Labute approximate surface area is 317 Å². The summed E-state index contributed by atoms with van der Waals surface area (Å²) in [6.07, 6.45) is -7.62. The van der Waals surface area contributed by atoms with Crippen LogP contribution in [0.1, 0.15) is 86.8 Å². The van der Waals surface area contributed by atoms with Crippen LogP contribution in [-0.2, 0) is 33.4 Å². The van der Waals surface area contributed by atoms with Gasteiger partial charge >= 0.3 is 12.1 Å². The Morgan fingerprint density at radius 1 is 0.704 bits per heavy atom. The van der Waals surface area contributed by atoms with Crippen molar-refractivity contribution in [2.75, 3.05) is 13.7 Å². The van der Waals surface area contributed by atoms with Crippen LogP contribution in [-0.4, -0.2) is 118 Å². The monoisotopic (exact) mass is 767 g/mol. The van der Waals surface area contributed by atoms with E-state index >= 15 is 0 Å². The molecule has 0 fully saturated rings. The molecule has 1 rings (SSSR count). The second-order valence-electron chi connectivity index (χ2n) is 15.3. The van der Waals surface area contributed by atoms with E-state index in [-0.39, 0.29) is 24.7 Å². The van der Waals surface area contributed by atoms with E-state index < -0.39 is 102 Å². The fourth-order valence-electron chi connectivity index (χ4n) is 5.26.